The van der Waals surface area contributed by atoms with Crippen LogP contribution in [0.1, 0.15) is 30.6 Å². The second-order valence-corrected chi connectivity index (χ2v) is 9.28. The molecular weight excluding hydrogens is 320 g/mol. The quantitative estimate of drug-likeness (QED) is 0.905. The van der Waals surface area contributed by atoms with Crippen LogP contribution in [0, 0.1) is 0 Å². The second kappa shape index (κ2) is 6.57. The number of nitrogens with one attached hydrogen (secondary N) is 1. The molecule has 0 unspecified atom stereocenters. The maximum absolute atomic E-state index is 11.4. The smallest absolute Gasteiger partial charge is 0.208 e. The zero-order valence-electron chi connectivity index (χ0n) is 13.0. The van der Waals surface area contributed by atoms with Gasteiger partial charge in [-0.3, -0.25) is 4.90 Å². The van der Waals surface area contributed by atoms with E-state index in [1.165, 1.54) is 11.1 Å². The summed E-state index contributed by atoms with van der Waals surface area (Å²) in [5, 5.41) is 2.12. The zero-order valence-corrected chi connectivity index (χ0v) is 14.6. The van der Waals surface area contributed by atoms with Crippen molar-refractivity contribution in [1.82, 2.24) is 9.62 Å². The summed E-state index contributed by atoms with van der Waals surface area (Å²) in [5.41, 5.74) is -0.132. The van der Waals surface area contributed by atoms with Gasteiger partial charge in [-0.25, -0.2) is 13.1 Å². The number of thiophene rings is 1. The van der Waals surface area contributed by atoms with E-state index < -0.39 is 10.0 Å². The summed E-state index contributed by atoms with van der Waals surface area (Å²) in [6.45, 7) is 3.70. The Kier molecular flexibility index (Phi) is 4.89. The molecule has 22 heavy (non-hydrogen) atoms. The van der Waals surface area contributed by atoms with Crippen molar-refractivity contribution in [2.45, 2.75) is 43.9 Å². The lowest BCUT2D eigenvalue weighted by atomic mass is 9.82. The topological polar surface area (TPSA) is 58.6 Å². The number of ether oxygens (including phenoxy) is 1. The van der Waals surface area contributed by atoms with Crippen molar-refractivity contribution in [3.05, 3.63) is 22.4 Å². The van der Waals surface area contributed by atoms with Crippen LogP contribution in [0.4, 0.5) is 0 Å². The molecule has 0 amide bonds. The minimum atomic E-state index is -3.14. The van der Waals surface area contributed by atoms with Crippen molar-refractivity contribution in [1.29, 1.82) is 0 Å². The first-order valence-electron chi connectivity index (χ1n) is 7.80. The van der Waals surface area contributed by atoms with Gasteiger partial charge < -0.3 is 4.74 Å². The number of nitrogens with zero attached hydrogens (tertiary/aromatic N) is 1. The Labute approximate surface area is 136 Å². The monoisotopic (exact) mass is 344 g/mol. The number of sulfonamides is 1. The molecule has 0 saturated carbocycles. The molecule has 3 rings (SSSR count). The summed E-state index contributed by atoms with van der Waals surface area (Å²) in [6, 6.07) is 4.29. The molecule has 0 aromatic carbocycles. The average Bonchev–Trinajstić information content (AvgIpc) is 2.93. The predicted molar refractivity (Wildman–Crippen MR) is 88.5 cm³/mol. The molecule has 1 atom stereocenters. The zero-order chi connectivity index (χ0) is 15.6. The molecule has 1 N–H and O–H groups in total. The number of hydrogen-bond donors (Lipinski definition) is 1. The first-order chi connectivity index (χ1) is 10.4. The summed E-state index contributed by atoms with van der Waals surface area (Å²) < 4.78 is 31.7. The third kappa shape index (κ3) is 4.29. The Morgan fingerprint density at radius 1 is 1.45 bits per heavy atom. The van der Waals surface area contributed by atoms with Gasteiger partial charge in [-0.2, -0.15) is 0 Å². The van der Waals surface area contributed by atoms with Crippen molar-refractivity contribution < 1.29 is 13.2 Å². The molecular formula is C15H24N2O3S2. The Bertz CT molecular complexity index is 578. The van der Waals surface area contributed by atoms with Crippen LogP contribution in [-0.4, -0.2) is 50.9 Å². The first kappa shape index (κ1) is 16.4. The second-order valence-electron chi connectivity index (χ2n) is 6.47. The molecule has 2 aliphatic rings. The Morgan fingerprint density at radius 2 is 2.23 bits per heavy atom. The summed E-state index contributed by atoms with van der Waals surface area (Å²) in [7, 11) is -3.14. The van der Waals surface area contributed by atoms with Gasteiger partial charge in [-0.1, -0.05) is 6.07 Å². The van der Waals surface area contributed by atoms with Gasteiger partial charge in [0.25, 0.3) is 0 Å². The van der Waals surface area contributed by atoms with Gasteiger partial charge in [0.1, 0.15) is 0 Å². The van der Waals surface area contributed by atoms with E-state index in [9.17, 15) is 8.42 Å². The fourth-order valence-electron chi connectivity index (χ4n) is 3.52. The van der Waals surface area contributed by atoms with Gasteiger partial charge >= 0.3 is 0 Å². The van der Waals surface area contributed by atoms with Gasteiger partial charge in [0.2, 0.25) is 10.0 Å². The van der Waals surface area contributed by atoms with Crippen molar-refractivity contribution in [2.75, 3.05) is 26.0 Å². The first-order valence-corrected chi connectivity index (χ1v) is 10.6. The highest BCUT2D eigenvalue weighted by atomic mass is 32.2. The van der Waals surface area contributed by atoms with Gasteiger partial charge in [-0.05, 0) is 37.1 Å². The Balaban J connectivity index is 1.54. The third-order valence-electron chi connectivity index (χ3n) is 4.60. The van der Waals surface area contributed by atoms with Gasteiger partial charge in [0.15, 0.2) is 0 Å². The van der Waals surface area contributed by atoms with Crippen molar-refractivity contribution in [3.8, 4) is 0 Å². The molecule has 1 spiro atoms. The summed E-state index contributed by atoms with van der Waals surface area (Å²) >= 11 is 1.80. The van der Waals surface area contributed by atoms with Crippen LogP contribution < -0.4 is 4.72 Å². The molecule has 0 aliphatic carbocycles. The minimum Gasteiger partial charge on any atom is -0.375 e. The number of likely N-dealkylation sites (tertiary alicyclic amines) is 1. The van der Waals surface area contributed by atoms with Crippen LogP contribution in [-0.2, 0) is 21.3 Å². The predicted octanol–water partition coefficient (Wildman–Crippen LogP) is 1.81. The van der Waals surface area contributed by atoms with E-state index in [2.05, 4.69) is 27.1 Å². The summed E-state index contributed by atoms with van der Waals surface area (Å²) in [5.74, 6) is 0. The van der Waals surface area contributed by atoms with Crippen LogP contribution >= 0.6 is 11.3 Å². The number of rotatable bonds is 4. The summed E-state index contributed by atoms with van der Waals surface area (Å²) in [4.78, 5) is 3.87. The van der Waals surface area contributed by atoms with Crippen molar-refractivity contribution >= 4 is 21.4 Å². The highest BCUT2D eigenvalue weighted by Gasteiger charge is 2.40. The highest BCUT2D eigenvalue weighted by molar-refractivity contribution is 7.88. The largest absolute Gasteiger partial charge is 0.375 e. The van der Waals surface area contributed by atoms with Crippen LogP contribution in [0.2, 0.25) is 0 Å². The normalized spacial score (nSPS) is 26.3. The van der Waals surface area contributed by atoms with Crippen LogP contribution in [0.5, 0.6) is 0 Å². The molecule has 2 saturated heterocycles. The lowest BCUT2D eigenvalue weighted by Crippen LogP contribution is -2.53. The van der Waals surface area contributed by atoms with Crippen molar-refractivity contribution in [2.24, 2.45) is 0 Å². The van der Waals surface area contributed by atoms with Gasteiger partial charge in [-0.15, -0.1) is 11.3 Å². The van der Waals surface area contributed by atoms with E-state index in [1.807, 2.05) is 0 Å². The molecule has 7 heteroatoms. The molecule has 5 nitrogen and oxygen atoms in total. The molecule has 3 heterocycles. The van der Waals surface area contributed by atoms with E-state index in [-0.39, 0.29) is 11.6 Å². The van der Waals surface area contributed by atoms with Crippen molar-refractivity contribution in [3.63, 3.8) is 0 Å². The summed E-state index contributed by atoms with van der Waals surface area (Å²) in [6.07, 6.45) is 4.78. The van der Waals surface area contributed by atoms with Crippen LogP contribution in [0.25, 0.3) is 0 Å². The Hall–Kier alpha value is -0.470. The Morgan fingerprint density at radius 3 is 2.86 bits per heavy atom. The SMILES string of the molecule is CS(=O)(=O)N[C@H]1CCOC2(CCN(Cc3cccs3)CC2)C1. The molecule has 2 fully saturated rings. The fraction of sp³-hybridized carbons (Fsp3) is 0.733. The van der Waals surface area contributed by atoms with E-state index in [1.54, 1.807) is 11.3 Å². The maximum atomic E-state index is 11.4. The highest BCUT2D eigenvalue weighted by Crippen LogP contribution is 2.35. The lowest BCUT2D eigenvalue weighted by Gasteiger charge is -2.46. The van der Waals surface area contributed by atoms with E-state index in [4.69, 9.17) is 4.74 Å². The minimum absolute atomic E-state index is 0.0209. The molecule has 1 aromatic heterocycles. The molecule has 2 aliphatic heterocycles. The maximum Gasteiger partial charge on any atom is 0.208 e. The third-order valence-corrected chi connectivity index (χ3v) is 6.22. The lowest BCUT2D eigenvalue weighted by molar-refractivity contribution is -0.118. The fourth-order valence-corrected chi connectivity index (χ4v) is 5.07. The molecule has 0 radical (unpaired) electrons. The van der Waals surface area contributed by atoms with Crippen LogP contribution in [0.3, 0.4) is 0 Å². The van der Waals surface area contributed by atoms with Crippen LogP contribution in [0.15, 0.2) is 17.5 Å². The number of hydrogen-bond acceptors (Lipinski definition) is 5. The van der Waals surface area contributed by atoms with E-state index >= 15 is 0 Å². The molecule has 124 valence electrons. The van der Waals surface area contributed by atoms with E-state index in [0.717, 1.165) is 45.3 Å². The number of piperidine rings is 1. The van der Waals surface area contributed by atoms with Gasteiger partial charge in [0.05, 0.1) is 11.9 Å². The average molecular weight is 345 g/mol. The molecule has 1 aromatic rings. The molecule has 0 bridgehead atoms. The standard InChI is InChI=1S/C15H24N2O3S2/c1-22(18,19)16-13-4-9-20-15(11-13)5-7-17(8-6-15)12-14-3-2-10-21-14/h2-3,10,13,16H,4-9,11-12H2,1H3/t13-/m0/s1. The van der Waals surface area contributed by atoms with Gasteiger partial charge in [0, 0.05) is 37.2 Å². The van der Waals surface area contributed by atoms with E-state index in [0.29, 0.717) is 6.61 Å².